The Labute approximate surface area is 215 Å². The van der Waals surface area contributed by atoms with E-state index in [1.54, 1.807) is 0 Å². The molecule has 2 rings (SSSR count). The summed E-state index contributed by atoms with van der Waals surface area (Å²) in [6, 6.07) is 6.19. The maximum absolute atomic E-state index is 11.7. The van der Waals surface area contributed by atoms with Crippen LogP contribution in [0.4, 0.5) is 11.4 Å². The number of aryl methyl sites for hydroxylation is 1. The number of carboxylic acid groups (broad SMARTS) is 2. The molecule has 0 aliphatic heterocycles. The minimum Gasteiger partial charge on any atom is -0.768 e. The Morgan fingerprint density at radius 3 is 1.83 bits per heavy atom. The summed E-state index contributed by atoms with van der Waals surface area (Å²) in [6.45, 7) is 1.52. The SMILES string of the molecule is Cc1ccc(C(=O)O)c(S(=O)[O-])c1N(C)c1cccc(C(=O)O)c1S(=O)[O-].[Na+].[Na+]. The largest absolute Gasteiger partial charge is 1.00 e. The maximum Gasteiger partial charge on any atom is 1.00 e. The van der Waals surface area contributed by atoms with E-state index in [9.17, 15) is 37.3 Å². The van der Waals surface area contributed by atoms with Crippen molar-refractivity contribution in [2.75, 3.05) is 11.9 Å². The summed E-state index contributed by atoms with van der Waals surface area (Å²) < 4.78 is 46.8. The van der Waals surface area contributed by atoms with Crippen LogP contribution in [0.25, 0.3) is 0 Å². The number of nitrogens with zero attached hydrogens (tertiary/aromatic N) is 1. The standard InChI is InChI=1S/C16H15NO8S2.2Na/c1-8-6-7-10(16(20)21)14(27(24)25)12(8)17(2)11-5-3-4-9(15(18)19)13(11)26(22)23;;/h3-7H,1-2H3,(H,18,19)(H,20,21)(H,22,23)(H,24,25);;/q;2*+1/p-2. The first kappa shape index (κ1) is 28.4. The molecule has 2 aromatic rings. The normalized spacial score (nSPS) is 12.1. The number of carbonyl (C=O) groups is 2. The Kier molecular flexibility index (Phi) is 11.5. The van der Waals surface area contributed by atoms with Crippen molar-refractivity contribution in [2.24, 2.45) is 0 Å². The summed E-state index contributed by atoms with van der Waals surface area (Å²) in [4.78, 5) is 22.8. The zero-order valence-corrected chi connectivity index (χ0v) is 21.6. The van der Waals surface area contributed by atoms with E-state index >= 15 is 0 Å². The van der Waals surface area contributed by atoms with Crippen LogP contribution >= 0.6 is 0 Å². The minimum atomic E-state index is -2.95. The van der Waals surface area contributed by atoms with Gasteiger partial charge in [-0.3, -0.25) is 8.42 Å². The molecule has 0 saturated heterocycles. The second-order valence-electron chi connectivity index (χ2n) is 5.40. The van der Waals surface area contributed by atoms with Crippen LogP contribution in [0.3, 0.4) is 0 Å². The molecule has 2 atom stereocenters. The summed E-state index contributed by atoms with van der Waals surface area (Å²) in [6.07, 6.45) is 0. The number of benzene rings is 2. The van der Waals surface area contributed by atoms with Gasteiger partial charge in [0.15, 0.2) is 0 Å². The van der Waals surface area contributed by atoms with Crippen LogP contribution in [-0.4, -0.2) is 46.7 Å². The van der Waals surface area contributed by atoms with Crippen molar-refractivity contribution in [3.8, 4) is 0 Å². The first-order valence-corrected chi connectivity index (χ1v) is 9.38. The van der Waals surface area contributed by atoms with E-state index in [1.807, 2.05) is 0 Å². The van der Waals surface area contributed by atoms with Crippen molar-refractivity contribution >= 4 is 45.5 Å². The monoisotopic (exact) mass is 457 g/mol. The van der Waals surface area contributed by atoms with Gasteiger partial charge in [0, 0.05) is 7.05 Å². The van der Waals surface area contributed by atoms with E-state index in [1.165, 1.54) is 32.2 Å². The Balaban J connectivity index is 0.00000392. The molecule has 0 aliphatic carbocycles. The summed E-state index contributed by atoms with van der Waals surface area (Å²) in [5.41, 5.74) is -0.817. The van der Waals surface area contributed by atoms with Crippen LogP contribution in [0.5, 0.6) is 0 Å². The van der Waals surface area contributed by atoms with Gasteiger partial charge in [0.2, 0.25) is 0 Å². The molecule has 0 amide bonds. The van der Waals surface area contributed by atoms with Crippen molar-refractivity contribution in [3.63, 3.8) is 0 Å². The molecule has 0 bridgehead atoms. The maximum atomic E-state index is 11.7. The molecule has 2 N–H and O–H groups in total. The molecule has 0 heterocycles. The number of anilines is 2. The van der Waals surface area contributed by atoms with Crippen LogP contribution in [0.1, 0.15) is 26.3 Å². The third kappa shape index (κ3) is 5.97. The summed E-state index contributed by atoms with van der Waals surface area (Å²) in [5, 5.41) is 18.5. The number of aromatic carboxylic acids is 2. The van der Waals surface area contributed by atoms with Gasteiger partial charge >= 0.3 is 71.1 Å². The van der Waals surface area contributed by atoms with Gasteiger partial charge in [0.1, 0.15) is 0 Å². The second-order valence-corrected chi connectivity index (χ2v) is 7.16. The fourth-order valence-electron chi connectivity index (χ4n) is 2.68. The minimum absolute atomic E-state index is 0. The molecule has 0 radical (unpaired) electrons. The number of carboxylic acids is 2. The van der Waals surface area contributed by atoms with Crippen molar-refractivity contribution in [2.45, 2.75) is 16.7 Å². The smallest absolute Gasteiger partial charge is 0.768 e. The molecule has 0 aromatic heterocycles. The van der Waals surface area contributed by atoms with Gasteiger partial charge in [-0.15, -0.1) is 0 Å². The van der Waals surface area contributed by atoms with E-state index in [0.29, 0.717) is 5.56 Å². The van der Waals surface area contributed by atoms with Gasteiger partial charge in [-0.1, -0.05) is 12.1 Å². The topological polar surface area (TPSA) is 158 Å². The third-order valence-electron chi connectivity index (χ3n) is 3.82. The number of hydrogen-bond donors (Lipinski definition) is 2. The summed E-state index contributed by atoms with van der Waals surface area (Å²) >= 11 is -5.90. The Bertz CT molecular complexity index is 999. The molecule has 0 saturated carbocycles. The van der Waals surface area contributed by atoms with Crippen molar-refractivity contribution in [3.05, 3.63) is 47.0 Å². The predicted molar refractivity (Wildman–Crippen MR) is 94.0 cm³/mol. The summed E-state index contributed by atoms with van der Waals surface area (Å²) in [7, 11) is 1.32. The second kappa shape index (κ2) is 11.7. The molecule has 13 heteroatoms. The van der Waals surface area contributed by atoms with E-state index in [4.69, 9.17) is 0 Å². The average Bonchev–Trinajstić information content (AvgIpc) is 2.59. The van der Waals surface area contributed by atoms with Gasteiger partial charge in [-0.25, -0.2) is 9.59 Å². The molecule has 0 aliphatic rings. The first-order valence-electron chi connectivity index (χ1n) is 7.23. The number of rotatable bonds is 6. The molecule has 0 spiro atoms. The zero-order chi connectivity index (χ0) is 20.5. The quantitative estimate of drug-likeness (QED) is 0.323. The molecular formula is C16H13NNa2O8S2. The van der Waals surface area contributed by atoms with Crippen LogP contribution in [0.15, 0.2) is 40.1 Å². The Hall–Kier alpha value is -0.600. The van der Waals surface area contributed by atoms with Gasteiger partial charge in [0.05, 0.1) is 32.3 Å². The van der Waals surface area contributed by atoms with Crippen LogP contribution < -0.4 is 64.0 Å². The zero-order valence-electron chi connectivity index (χ0n) is 16.0. The molecule has 144 valence electrons. The van der Waals surface area contributed by atoms with Gasteiger partial charge in [0.25, 0.3) is 0 Å². The van der Waals surface area contributed by atoms with Gasteiger partial charge < -0.3 is 24.2 Å². The van der Waals surface area contributed by atoms with Crippen LogP contribution in [0.2, 0.25) is 0 Å². The predicted octanol–water partition coefficient (Wildman–Crippen LogP) is -4.36. The van der Waals surface area contributed by atoms with E-state index in [-0.39, 0.29) is 70.5 Å². The molecule has 9 nitrogen and oxygen atoms in total. The van der Waals surface area contributed by atoms with Crippen molar-refractivity contribution in [1.29, 1.82) is 0 Å². The number of hydrogen-bond acceptors (Lipinski definition) is 7. The summed E-state index contributed by atoms with van der Waals surface area (Å²) in [5.74, 6) is -2.95. The van der Waals surface area contributed by atoms with E-state index in [2.05, 4.69) is 0 Å². The fraction of sp³-hybridized carbons (Fsp3) is 0.125. The average molecular weight is 457 g/mol. The third-order valence-corrected chi connectivity index (χ3v) is 5.33. The molecular weight excluding hydrogens is 444 g/mol. The molecule has 2 aromatic carbocycles. The molecule has 29 heavy (non-hydrogen) atoms. The van der Waals surface area contributed by atoms with Crippen LogP contribution in [-0.2, 0) is 22.2 Å². The van der Waals surface area contributed by atoms with Crippen LogP contribution in [0, 0.1) is 6.92 Å². The fourth-order valence-corrected chi connectivity index (χ4v) is 4.18. The molecule has 0 fully saturated rings. The van der Waals surface area contributed by atoms with Crippen molar-refractivity contribution in [1.82, 2.24) is 0 Å². The van der Waals surface area contributed by atoms with E-state index in [0.717, 1.165) is 17.0 Å². The van der Waals surface area contributed by atoms with Crippen molar-refractivity contribution < 1.29 is 96.4 Å². The Morgan fingerprint density at radius 2 is 1.38 bits per heavy atom. The van der Waals surface area contributed by atoms with Gasteiger partial charge in [-0.2, -0.15) is 0 Å². The first-order chi connectivity index (χ1) is 12.6. The van der Waals surface area contributed by atoms with E-state index < -0.39 is 55.0 Å². The molecule has 2 unspecified atom stereocenters. The van der Waals surface area contributed by atoms with Gasteiger partial charge in [-0.05, 0) is 52.8 Å². The Morgan fingerprint density at radius 1 is 0.897 bits per heavy atom.